The molecular weight excluding hydrogens is 568 g/mol. The zero-order valence-corrected chi connectivity index (χ0v) is 27.1. The predicted octanol–water partition coefficient (Wildman–Crippen LogP) is 6.69. The van der Waals surface area contributed by atoms with Gasteiger partial charge in [-0.15, -0.1) is 0 Å². The van der Waals surface area contributed by atoms with Crippen LogP contribution in [-0.2, 0) is 4.79 Å². The number of carbonyl (C=O) groups excluding carboxylic acids is 1. The quantitative estimate of drug-likeness (QED) is 0.224. The summed E-state index contributed by atoms with van der Waals surface area (Å²) in [5.74, 6) is 1.81. The van der Waals surface area contributed by atoms with Crippen LogP contribution < -0.4 is 31.6 Å². The zero-order valence-electron chi connectivity index (χ0n) is 27.1. The minimum Gasteiger partial charge on any atom is -0.871 e. The summed E-state index contributed by atoms with van der Waals surface area (Å²) in [4.78, 5) is 19.8. The van der Waals surface area contributed by atoms with Crippen LogP contribution in [0, 0.1) is 23.7 Å². The first-order chi connectivity index (χ1) is 22.1. The average Bonchev–Trinajstić information content (AvgIpc) is 2.98. The van der Waals surface area contributed by atoms with E-state index in [4.69, 9.17) is 4.99 Å². The lowest BCUT2D eigenvalue weighted by Crippen LogP contribution is -2.53. The topological polar surface area (TPSA) is 88.6 Å². The number of allylic oxidation sites excluding steroid dienone is 2. The first kappa shape index (κ1) is 27.9. The van der Waals surface area contributed by atoms with Gasteiger partial charge in [0.25, 0.3) is 0 Å². The van der Waals surface area contributed by atoms with Crippen LogP contribution >= 0.6 is 0 Å². The van der Waals surface area contributed by atoms with E-state index in [1.807, 2.05) is 24.3 Å². The number of nitrogens with zero attached hydrogens (tertiary/aromatic N) is 1. The zero-order chi connectivity index (χ0) is 31.5. The van der Waals surface area contributed by atoms with Crippen LogP contribution in [0.5, 0.6) is 0 Å². The van der Waals surface area contributed by atoms with E-state index in [0.29, 0.717) is 34.5 Å². The van der Waals surface area contributed by atoms with E-state index in [1.54, 1.807) is 0 Å². The second-order valence-electron chi connectivity index (χ2n) is 15.5. The fraction of sp³-hybridized carbons (Fsp3) is 0.400. The molecule has 9 rings (SSSR count). The third-order valence-electron chi connectivity index (χ3n) is 11.3. The number of carbonyl (C=O) groups is 1. The molecule has 6 heteroatoms. The highest BCUT2D eigenvalue weighted by Gasteiger charge is 2.43. The van der Waals surface area contributed by atoms with E-state index in [-0.39, 0.29) is 28.4 Å². The van der Waals surface area contributed by atoms with E-state index in [9.17, 15) is 9.90 Å². The van der Waals surface area contributed by atoms with Gasteiger partial charge in [0.1, 0.15) is 11.3 Å². The average molecular weight is 610 g/mol. The molecule has 4 unspecified atom stereocenters. The number of hydrogen-bond acceptors (Lipinski definition) is 6. The maximum atomic E-state index is 14.3. The molecule has 2 spiro atoms. The number of nitrogens with one attached hydrogen (secondary N) is 3. The second kappa shape index (κ2) is 9.60. The van der Waals surface area contributed by atoms with Crippen LogP contribution in [0.15, 0.2) is 71.4 Å². The van der Waals surface area contributed by atoms with Crippen LogP contribution in [0.1, 0.15) is 71.8 Å². The molecule has 6 nitrogen and oxygen atoms in total. The highest BCUT2D eigenvalue weighted by molar-refractivity contribution is 6.52. The normalized spacial score (nSPS) is 32.6. The van der Waals surface area contributed by atoms with E-state index in [0.717, 1.165) is 69.6 Å². The summed E-state index contributed by atoms with van der Waals surface area (Å²) in [7, 11) is 0. The Labute approximate surface area is 269 Å². The molecule has 4 aromatic rings. The molecule has 3 aliphatic carbocycles. The Bertz CT molecular complexity index is 2140. The smallest absolute Gasteiger partial charge is 0.193 e. The molecule has 2 heterocycles. The van der Waals surface area contributed by atoms with Crippen LogP contribution in [-0.4, -0.2) is 17.1 Å². The molecule has 2 aliphatic heterocycles. The summed E-state index contributed by atoms with van der Waals surface area (Å²) in [6.45, 7) is 9.24. The number of hydrogen-bond donors (Lipinski definition) is 3. The Morgan fingerprint density at radius 1 is 0.696 bits per heavy atom. The van der Waals surface area contributed by atoms with Crippen molar-refractivity contribution in [1.82, 2.24) is 0 Å². The van der Waals surface area contributed by atoms with Gasteiger partial charge < -0.3 is 21.1 Å². The number of ketones is 1. The summed E-state index contributed by atoms with van der Waals surface area (Å²) in [6, 6.07) is 20.6. The van der Waals surface area contributed by atoms with Gasteiger partial charge in [-0.05, 0) is 85.1 Å². The van der Waals surface area contributed by atoms with Crippen LogP contribution in [0.4, 0.5) is 17.1 Å². The molecular formula is C40H41N4O2-. The van der Waals surface area contributed by atoms with Gasteiger partial charge in [-0.2, -0.15) is 0 Å². The maximum absolute atomic E-state index is 14.3. The Hall–Kier alpha value is -4.32. The van der Waals surface area contributed by atoms with Crippen molar-refractivity contribution in [3.8, 4) is 0 Å². The summed E-state index contributed by atoms with van der Waals surface area (Å²) in [6.07, 6.45) is 6.20. The van der Waals surface area contributed by atoms with Crippen molar-refractivity contribution in [1.29, 1.82) is 0 Å². The van der Waals surface area contributed by atoms with Gasteiger partial charge in [0.05, 0.1) is 11.0 Å². The van der Waals surface area contributed by atoms with Crippen molar-refractivity contribution >= 4 is 55.5 Å². The molecule has 0 radical (unpaired) electrons. The van der Waals surface area contributed by atoms with Crippen LogP contribution in [0.3, 0.4) is 0 Å². The first-order valence-corrected chi connectivity index (χ1v) is 17.2. The molecule has 0 saturated heterocycles. The predicted molar refractivity (Wildman–Crippen MR) is 185 cm³/mol. The third kappa shape index (κ3) is 4.01. The fourth-order valence-corrected chi connectivity index (χ4v) is 10.1. The number of anilines is 3. The van der Waals surface area contributed by atoms with E-state index in [1.165, 1.54) is 12.8 Å². The molecule has 46 heavy (non-hydrogen) atoms. The van der Waals surface area contributed by atoms with Crippen LogP contribution in [0.25, 0.3) is 32.7 Å². The molecule has 2 fully saturated rings. The van der Waals surface area contributed by atoms with Gasteiger partial charge in [0, 0.05) is 44.1 Å². The SMILES string of the molecule is CC1CC(C)CC2(C1)N=c1c(=C3C(=O)C(c4ccc5cccc6c5c4NC4(CC(C)CC(C)C4)N6)=C3[O-])ccc3cccc(c13)N2. The van der Waals surface area contributed by atoms with Gasteiger partial charge in [-0.25, -0.2) is 0 Å². The Morgan fingerprint density at radius 3 is 1.98 bits per heavy atom. The van der Waals surface area contributed by atoms with Crippen molar-refractivity contribution in [2.24, 2.45) is 28.7 Å². The molecule has 3 N–H and O–H groups in total. The number of rotatable bonds is 1. The standard InChI is InChI=1S/C40H42N4O2/c1-21-15-22(2)18-39(17-21)41-29-9-5-7-25-11-13-27(35(43-39)31(25)29)33-37(45)34(38(33)46)28-14-12-26-8-6-10-30-32(26)36(28)44-40(42-30)19-23(3)16-24(4)20-40/h5-14,21-24,41-43,45H,15-20H2,1-4H3/p-1. The fourth-order valence-electron chi connectivity index (χ4n) is 10.1. The van der Waals surface area contributed by atoms with Crippen molar-refractivity contribution in [3.05, 3.63) is 82.6 Å². The highest BCUT2D eigenvalue weighted by Crippen LogP contribution is 2.50. The molecule has 234 valence electrons. The largest absolute Gasteiger partial charge is 0.871 e. The lowest BCUT2D eigenvalue weighted by atomic mass is 9.74. The molecule has 4 atom stereocenters. The van der Waals surface area contributed by atoms with Gasteiger partial charge in [0.2, 0.25) is 0 Å². The molecule has 5 aliphatic rings. The van der Waals surface area contributed by atoms with E-state index in [2.05, 4.69) is 80.0 Å². The Balaban J connectivity index is 1.25. The monoisotopic (exact) mass is 609 g/mol. The van der Waals surface area contributed by atoms with Gasteiger partial charge in [-0.1, -0.05) is 82.0 Å². The van der Waals surface area contributed by atoms with E-state index >= 15 is 0 Å². The van der Waals surface area contributed by atoms with Crippen molar-refractivity contribution in [2.45, 2.75) is 77.5 Å². The van der Waals surface area contributed by atoms with Crippen LogP contribution in [0.2, 0.25) is 0 Å². The summed E-state index contributed by atoms with van der Waals surface area (Å²) in [5.41, 5.74) is 3.53. The van der Waals surface area contributed by atoms with E-state index < -0.39 is 5.66 Å². The first-order valence-electron chi connectivity index (χ1n) is 17.2. The van der Waals surface area contributed by atoms with Gasteiger partial charge in [-0.3, -0.25) is 9.79 Å². The molecule has 0 amide bonds. The molecule has 0 aromatic heterocycles. The summed E-state index contributed by atoms with van der Waals surface area (Å²) >= 11 is 0. The summed E-state index contributed by atoms with van der Waals surface area (Å²) in [5, 5.41) is 31.6. The minimum absolute atomic E-state index is 0.181. The molecule has 0 bridgehead atoms. The van der Waals surface area contributed by atoms with Crippen molar-refractivity contribution in [2.75, 3.05) is 16.0 Å². The van der Waals surface area contributed by atoms with Gasteiger partial charge in [0.15, 0.2) is 5.78 Å². The molecule has 2 saturated carbocycles. The van der Waals surface area contributed by atoms with Crippen molar-refractivity contribution < 1.29 is 9.90 Å². The Kier molecular flexibility index (Phi) is 5.83. The second-order valence-corrected chi connectivity index (χ2v) is 15.5. The third-order valence-corrected chi connectivity index (χ3v) is 11.3. The Morgan fingerprint density at radius 2 is 1.30 bits per heavy atom. The van der Waals surface area contributed by atoms with Gasteiger partial charge >= 0.3 is 0 Å². The minimum atomic E-state index is -0.435. The maximum Gasteiger partial charge on any atom is 0.193 e. The number of benzene rings is 4. The number of Topliss-reactive ketones (excluding diaryl/α,β-unsaturated/α-hetero) is 1. The summed E-state index contributed by atoms with van der Waals surface area (Å²) < 4.78 is 0. The highest BCUT2D eigenvalue weighted by atomic mass is 16.3. The van der Waals surface area contributed by atoms with Crippen molar-refractivity contribution in [3.63, 3.8) is 0 Å². The lowest BCUT2D eigenvalue weighted by molar-refractivity contribution is -0.292. The lowest BCUT2D eigenvalue weighted by Gasteiger charge is -2.48. The molecule has 4 aromatic carbocycles.